The lowest BCUT2D eigenvalue weighted by Crippen LogP contribution is -2.14. The molecule has 0 aliphatic carbocycles. The molecule has 5 rings (SSSR count). The van der Waals surface area contributed by atoms with Crippen LogP contribution in [0.3, 0.4) is 0 Å². The van der Waals surface area contributed by atoms with Crippen molar-refractivity contribution in [2.24, 2.45) is 0 Å². The summed E-state index contributed by atoms with van der Waals surface area (Å²) in [5, 5.41) is 8.64. The number of hydrogen-bond donors (Lipinski definition) is 0. The van der Waals surface area contributed by atoms with Gasteiger partial charge in [-0.25, -0.2) is 9.67 Å². The highest BCUT2D eigenvalue weighted by Crippen LogP contribution is 2.35. The summed E-state index contributed by atoms with van der Waals surface area (Å²) in [7, 11) is -0.856. The van der Waals surface area contributed by atoms with Crippen LogP contribution in [0.15, 0.2) is 76.2 Å². The molecule has 0 spiro atoms. The molecule has 2 aromatic heterocycles. The molecule has 44 heavy (non-hydrogen) atoms. The van der Waals surface area contributed by atoms with Gasteiger partial charge in [0, 0.05) is 26.8 Å². The predicted molar refractivity (Wildman–Crippen MR) is 160 cm³/mol. The first kappa shape index (κ1) is 31.1. The second-order valence-electron chi connectivity index (χ2n) is 9.95. The number of ether oxygens (including phenoxy) is 4. The molecule has 0 saturated heterocycles. The number of nitrogens with zero attached hydrogens (tertiary/aromatic N) is 4. The molecule has 0 N–H and O–H groups in total. The van der Waals surface area contributed by atoms with E-state index in [0.29, 0.717) is 34.2 Å². The highest BCUT2D eigenvalue weighted by atomic mass is 32.2. The van der Waals surface area contributed by atoms with E-state index in [1.807, 2.05) is 31.2 Å². The Labute approximate surface area is 255 Å². The van der Waals surface area contributed by atoms with E-state index < -0.39 is 16.2 Å². The van der Waals surface area contributed by atoms with Gasteiger partial charge in [-0.2, -0.15) is 8.42 Å². The number of aryl methyl sites for hydroxylation is 2. The van der Waals surface area contributed by atoms with E-state index >= 15 is 0 Å². The number of rotatable bonds is 15. The summed E-state index contributed by atoms with van der Waals surface area (Å²) in [5.74, 6) is 1.26. The molecular weight excluding hydrogens is 588 g/mol. The molecule has 3 aromatic carbocycles. The van der Waals surface area contributed by atoms with Crippen LogP contribution in [-0.4, -0.2) is 62.8 Å². The third-order valence-corrected chi connectivity index (χ3v) is 8.11. The lowest BCUT2D eigenvalue weighted by Gasteiger charge is -2.17. The Bertz CT molecular complexity index is 1800. The summed E-state index contributed by atoms with van der Waals surface area (Å²) in [5.41, 5.74) is 4.67. The maximum Gasteiger partial charge on any atom is 0.296 e. The van der Waals surface area contributed by atoms with E-state index in [0.717, 1.165) is 23.1 Å². The van der Waals surface area contributed by atoms with Crippen molar-refractivity contribution in [3.05, 3.63) is 95.1 Å². The third-order valence-electron chi connectivity index (χ3n) is 6.79. The molecule has 0 bridgehead atoms. The molecule has 232 valence electrons. The van der Waals surface area contributed by atoms with Gasteiger partial charge in [-0.15, -0.1) is 5.10 Å². The van der Waals surface area contributed by atoms with E-state index in [4.69, 9.17) is 32.5 Å². The minimum atomic E-state index is -3.91. The Morgan fingerprint density at radius 1 is 0.932 bits per heavy atom. The highest BCUT2D eigenvalue weighted by Gasteiger charge is 2.26. The Kier molecular flexibility index (Phi) is 9.90. The number of oxazole rings is 1. The number of methoxy groups -OCH3 is 2. The zero-order valence-corrected chi connectivity index (χ0v) is 25.7. The quantitative estimate of drug-likeness (QED) is 0.117. The SMILES string of the molecule is CCc1ccc2nc(C(c3ccc(OCOC)c(OCOC)c3)n3cc(CCOS(=O)(=O)c4ccc(C)cc4)nn3)oc2c1. The van der Waals surface area contributed by atoms with Crippen molar-refractivity contribution in [1.82, 2.24) is 20.0 Å². The lowest BCUT2D eigenvalue weighted by atomic mass is 10.1. The fourth-order valence-electron chi connectivity index (χ4n) is 4.49. The number of benzene rings is 3. The van der Waals surface area contributed by atoms with E-state index in [1.54, 1.807) is 35.1 Å². The van der Waals surface area contributed by atoms with Crippen LogP contribution in [0.4, 0.5) is 0 Å². The highest BCUT2D eigenvalue weighted by molar-refractivity contribution is 7.86. The van der Waals surface area contributed by atoms with Gasteiger partial charge < -0.3 is 23.4 Å². The molecule has 1 atom stereocenters. The van der Waals surface area contributed by atoms with Gasteiger partial charge in [0.2, 0.25) is 5.89 Å². The monoisotopic (exact) mass is 622 g/mol. The molecule has 12 nitrogen and oxygen atoms in total. The van der Waals surface area contributed by atoms with Crippen LogP contribution < -0.4 is 9.47 Å². The van der Waals surface area contributed by atoms with Crippen LogP contribution in [0.25, 0.3) is 11.1 Å². The maximum atomic E-state index is 12.6. The third kappa shape index (κ3) is 7.25. The van der Waals surface area contributed by atoms with E-state index in [2.05, 4.69) is 17.2 Å². The van der Waals surface area contributed by atoms with Crippen molar-refractivity contribution < 1.29 is 36.0 Å². The molecule has 0 amide bonds. The van der Waals surface area contributed by atoms with Crippen molar-refractivity contribution in [3.8, 4) is 11.5 Å². The average Bonchev–Trinajstić information content (AvgIpc) is 3.66. The Hall–Kier alpha value is -4.30. The standard InChI is InChI=1S/C31H34N4O8S/c1-5-22-8-12-26-28(16-22)43-31(32-26)30(23-9-13-27(40-19-38-3)29(17-23)41-20-39-4)35-18-24(33-34-35)14-15-42-44(36,37)25-10-6-21(2)7-11-25/h6-13,16-18,30H,5,14-15,19-20H2,1-4H3. The van der Waals surface area contributed by atoms with Crippen LogP contribution >= 0.6 is 0 Å². The van der Waals surface area contributed by atoms with Gasteiger partial charge in [0.05, 0.1) is 17.2 Å². The van der Waals surface area contributed by atoms with Crippen molar-refractivity contribution in [3.63, 3.8) is 0 Å². The molecular formula is C31H34N4O8S. The minimum Gasteiger partial charge on any atom is -0.464 e. The summed E-state index contributed by atoms with van der Waals surface area (Å²) in [4.78, 5) is 4.87. The zero-order chi connectivity index (χ0) is 31.1. The van der Waals surface area contributed by atoms with Gasteiger partial charge in [0.1, 0.15) is 5.52 Å². The Morgan fingerprint density at radius 2 is 1.68 bits per heavy atom. The molecule has 5 aromatic rings. The Morgan fingerprint density at radius 3 is 2.41 bits per heavy atom. The topological polar surface area (TPSA) is 137 Å². The van der Waals surface area contributed by atoms with Crippen LogP contribution in [0.5, 0.6) is 11.5 Å². The smallest absolute Gasteiger partial charge is 0.296 e. The number of hydrogen-bond acceptors (Lipinski definition) is 11. The first-order chi connectivity index (χ1) is 21.3. The first-order valence-corrected chi connectivity index (χ1v) is 15.4. The summed E-state index contributed by atoms with van der Waals surface area (Å²) in [6, 6.07) is 17.1. The largest absolute Gasteiger partial charge is 0.464 e. The molecule has 0 aliphatic rings. The molecule has 2 heterocycles. The number of aromatic nitrogens is 4. The summed E-state index contributed by atoms with van der Waals surface area (Å²) >= 11 is 0. The molecule has 0 saturated carbocycles. The first-order valence-electron chi connectivity index (χ1n) is 13.9. The van der Waals surface area contributed by atoms with Gasteiger partial charge in [-0.1, -0.05) is 42.0 Å². The molecule has 0 aliphatic heterocycles. The van der Waals surface area contributed by atoms with Crippen LogP contribution in [-0.2, 0) is 36.6 Å². The fraction of sp³-hybridized carbons (Fsp3) is 0.323. The Balaban J connectivity index is 1.45. The fourth-order valence-corrected chi connectivity index (χ4v) is 5.40. The zero-order valence-electron chi connectivity index (χ0n) is 24.9. The second-order valence-corrected chi connectivity index (χ2v) is 11.6. The minimum absolute atomic E-state index is 0.000879. The van der Waals surface area contributed by atoms with E-state index in [9.17, 15) is 8.42 Å². The van der Waals surface area contributed by atoms with Crippen molar-refractivity contribution in [2.75, 3.05) is 34.4 Å². The van der Waals surface area contributed by atoms with Gasteiger partial charge in [0.25, 0.3) is 10.1 Å². The van der Waals surface area contributed by atoms with Gasteiger partial charge >= 0.3 is 0 Å². The van der Waals surface area contributed by atoms with Gasteiger partial charge in [-0.05, 0) is 60.9 Å². The average molecular weight is 623 g/mol. The lowest BCUT2D eigenvalue weighted by molar-refractivity contribution is 0.0322. The maximum absolute atomic E-state index is 12.6. The number of fused-ring (bicyclic) bond motifs is 1. The van der Waals surface area contributed by atoms with Crippen LogP contribution in [0.1, 0.15) is 41.2 Å². The van der Waals surface area contributed by atoms with Crippen molar-refractivity contribution >= 4 is 21.2 Å². The summed E-state index contributed by atoms with van der Waals surface area (Å²) in [6.07, 6.45) is 2.77. The van der Waals surface area contributed by atoms with Crippen LogP contribution in [0, 0.1) is 6.92 Å². The van der Waals surface area contributed by atoms with E-state index in [-0.39, 0.29) is 31.5 Å². The summed E-state index contributed by atoms with van der Waals surface area (Å²) < 4.78 is 60.0. The van der Waals surface area contributed by atoms with Gasteiger partial charge in [-0.3, -0.25) is 4.18 Å². The molecule has 1 unspecified atom stereocenters. The summed E-state index contributed by atoms with van der Waals surface area (Å²) in [6.45, 7) is 3.88. The second kappa shape index (κ2) is 14.0. The molecule has 13 heteroatoms. The van der Waals surface area contributed by atoms with E-state index in [1.165, 1.54) is 26.4 Å². The van der Waals surface area contributed by atoms with Gasteiger partial charge in [0.15, 0.2) is 36.7 Å². The predicted octanol–water partition coefficient (Wildman–Crippen LogP) is 4.84. The molecule has 0 radical (unpaired) electrons. The normalized spacial score (nSPS) is 12.5. The van der Waals surface area contributed by atoms with Crippen molar-refractivity contribution in [2.45, 2.75) is 37.6 Å². The van der Waals surface area contributed by atoms with Crippen LogP contribution in [0.2, 0.25) is 0 Å². The van der Waals surface area contributed by atoms with Crippen molar-refractivity contribution in [1.29, 1.82) is 0 Å². The molecule has 0 fully saturated rings.